The first-order valence-electron chi connectivity index (χ1n) is 6.61. The molecule has 0 radical (unpaired) electrons. The van der Waals surface area contributed by atoms with E-state index in [2.05, 4.69) is 44.3 Å². The molecule has 0 aromatic carbocycles. The maximum atomic E-state index is 5.83. The van der Waals surface area contributed by atoms with Crippen LogP contribution in [-0.4, -0.2) is 21.2 Å². The molecule has 3 atom stereocenters. The number of thiazole rings is 1. The molecule has 1 fully saturated rings. The molecule has 1 saturated heterocycles. The van der Waals surface area contributed by atoms with Crippen molar-refractivity contribution in [3.05, 3.63) is 15.6 Å². The zero-order valence-electron chi connectivity index (χ0n) is 11.3. The van der Waals surface area contributed by atoms with Gasteiger partial charge in [0.05, 0.1) is 10.9 Å². The molecule has 1 aliphatic rings. The van der Waals surface area contributed by atoms with Gasteiger partial charge in [0.2, 0.25) is 0 Å². The second-order valence-corrected chi connectivity index (χ2v) is 8.85. The van der Waals surface area contributed by atoms with Crippen LogP contribution in [0.2, 0.25) is 0 Å². The number of thioether (sulfide) groups is 2. The molecule has 0 aliphatic carbocycles. The van der Waals surface area contributed by atoms with E-state index in [1.807, 2.05) is 11.3 Å². The number of aromatic nitrogens is 1. The third-order valence-electron chi connectivity index (χ3n) is 3.29. The van der Waals surface area contributed by atoms with E-state index in [9.17, 15) is 0 Å². The molecule has 5 heteroatoms. The Bertz CT molecular complexity index is 392. The molecule has 2 N–H and O–H groups in total. The Labute approximate surface area is 123 Å². The van der Waals surface area contributed by atoms with Crippen molar-refractivity contribution in [3.63, 3.8) is 0 Å². The third kappa shape index (κ3) is 3.24. The van der Waals surface area contributed by atoms with Gasteiger partial charge < -0.3 is 5.73 Å². The van der Waals surface area contributed by atoms with Gasteiger partial charge in [-0.2, -0.15) is 11.8 Å². The minimum atomic E-state index is 0.571. The predicted molar refractivity (Wildman–Crippen MR) is 85.7 cm³/mol. The van der Waals surface area contributed by atoms with Crippen LogP contribution in [0.3, 0.4) is 0 Å². The summed E-state index contributed by atoms with van der Waals surface area (Å²) in [7, 11) is 0. The minimum Gasteiger partial charge on any atom is -0.326 e. The van der Waals surface area contributed by atoms with Crippen LogP contribution < -0.4 is 5.73 Å². The Morgan fingerprint density at radius 3 is 2.72 bits per heavy atom. The van der Waals surface area contributed by atoms with E-state index in [-0.39, 0.29) is 0 Å². The van der Waals surface area contributed by atoms with Gasteiger partial charge in [0.25, 0.3) is 0 Å². The largest absolute Gasteiger partial charge is 0.326 e. The van der Waals surface area contributed by atoms with Gasteiger partial charge in [-0.1, -0.05) is 27.2 Å². The molecule has 2 heterocycles. The van der Waals surface area contributed by atoms with Crippen LogP contribution >= 0.6 is 34.9 Å². The molecule has 0 spiro atoms. The fourth-order valence-corrected chi connectivity index (χ4v) is 6.23. The summed E-state index contributed by atoms with van der Waals surface area (Å²) in [6, 6.07) is 0. The molecule has 102 valence electrons. The highest BCUT2D eigenvalue weighted by atomic mass is 32.2. The van der Waals surface area contributed by atoms with Gasteiger partial charge >= 0.3 is 0 Å². The van der Waals surface area contributed by atoms with Crippen LogP contribution in [0, 0.1) is 0 Å². The van der Waals surface area contributed by atoms with Gasteiger partial charge in [0.1, 0.15) is 5.01 Å². The summed E-state index contributed by atoms with van der Waals surface area (Å²) >= 11 is 6.00. The van der Waals surface area contributed by atoms with Crippen molar-refractivity contribution >= 4 is 34.9 Å². The number of aryl methyl sites for hydroxylation is 1. The number of hydrogen-bond acceptors (Lipinski definition) is 5. The Kier molecular flexibility index (Phi) is 5.42. The number of hydrogen-bond donors (Lipinski definition) is 1. The van der Waals surface area contributed by atoms with E-state index in [0.29, 0.717) is 17.0 Å². The lowest BCUT2D eigenvalue weighted by Gasteiger charge is -2.30. The van der Waals surface area contributed by atoms with Gasteiger partial charge in [-0.3, -0.25) is 0 Å². The minimum absolute atomic E-state index is 0.571. The van der Waals surface area contributed by atoms with Gasteiger partial charge in [-0.25, -0.2) is 4.98 Å². The van der Waals surface area contributed by atoms with Crippen molar-refractivity contribution < 1.29 is 0 Å². The monoisotopic (exact) mass is 302 g/mol. The smallest absolute Gasteiger partial charge is 0.107 e. The van der Waals surface area contributed by atoms with E-state index < -0.39 is 0 Å². The molecule has 1 aliphatic heterocycles. The van der Waals surface area contributed by atoms with Gasteiger partial charge in [0, 0.05) is 27.7 Å². The van der Waals surface area contributed by atoms with Crippen LogP contribution in [-0.2, 0) is 13.0 Å². The first-order chi connectivity index (χ1) is 8.65. The number of nitrogens with zero attached hydrogens (tertiary/aromatic N) is 1. The predicted octanol–water partition coefficient (Wildman–Crippen LogP) is 3.85. The summed E-state index contributed by atoms with van der Waals surface area (Å²) < 4.78 is 0. The summed E-state index contributed by atoms with van der Waals surface area (Å²) in [6.45, 7) is 7.50. The highest BCUT2D eigenvalue weighted by Crippen LogP contribution is 2.45. The fraction of sp³-hybridized carbons (Fsp3) is 0.769. The van der Waals surface area contributed by atoms with Crippen molar-refractivity contribution in [3.8, 4) is 0 Å². The average molecular weight is 303 g/mol. The van der Waals surface area contributed by atoms with E-state index in [4.69, 9.17) is 10.7 Å². The van der Waals surface area contributed by atoms with Crippen molar-refractivity contribution in [1.29, 1.82) is 0 Å². The zero-order valence-corrected chi connectivity index (χ0v) is 13.8. The first kappa shape index (κ1) is 14.7. The maximum Gasteiger partial charge on any atom is 0.107 e. The van der Waals surface area contributed by atoms with Crippen LogP contribution in [0.1, 0.15) is 48.0 Å². The third-order valence-corrected chi connectivity index (χ3v) is 8.07. The summed E-state index contributed by atoms with van der Waals surface area (Å²) in [5.41, 5.74) is 7.08. The highest BCUT2D eigenvalue weighted by molar-refractivity contribution is 8.07. The second-order valence-electron chi connectivity index (χ2n) is 4.74. The molecule has 0 amide bonds. The zero-order chi connectivity index (χ0) is 13.1. The molecule has 18 heavy (non-hydrogen) atoms. The molecule has 2 rings (SSSR count). The normalized spacial score (nSPS) is 28.6. The lowest BCUT2D eigenvalue weighted by atomic mass is 10.2. The van der Waals surface area contributed by atoms with Crippen molar-refractivity contribution in [2.45, 2.75) is 55.9 Å². The molecule has 0 bridgehead atoms. The van der Waals surface area contributed by atoms with E-state index >= 15 is 0 Å². The van der Waals surface area contributed by atoms with E-state index in [1.165, 1.54) is 21.3 Å². The van der Waals surface area contributed by atoms with Crippen LogP contribution in [0.15, 0.2) is 0 Å². The SMILES string of the molecule is CCCc1nc(C2CSC(C)C(C)S2)sc1CN. The number of nitrogens with two attached hydrogens (primary N) is 1. The molecule has 1 aromatic heterocycles. The second kappa shape index (κ2) is 6.64. The molecule has 0 saturated carbocycles. The van der Waals surface area contributed by atoms with Crippen LogP contribution in [0.4, 0.5) is 0 Å². The Balaban J connectivity index is 2.13. The lowest BCUT2D eigenvalue weighted by Crippen LogP contribution is -2.21. The standard InChI is InChI=1S/C13H22N2S3/c1-4-5-10-11(6-14)18-13(15-10)12-7-16-8(2)9(3)17-12/h8-9,12H,4-7,14H2,1-3H3. The lowest BCUT2D eigenvalue weighted by molar-refractivity contribution is 0.852. The van der Waals surface area contributed by atoms with Gasteiger partial charge in [-0.15, -0.1) is 23.1 Å². The summed E-state index contributed by atoms with van der Waals surface area (Å²) in [5, 5.41) is 3.35. The van der Waals surface area contributed by atoms with Crippen LogP contribution in [0.25, 0.3) is 0 Å². The van der Waals surface area contributed by atoms with Crippen molar-refractivity contribution in [2.24, 2.45) is 5.73 Å². The van der Waals surface area contributed by atoms with E-state index in [0.717, 1.165) is 18.1 Å². The van der Waals surface area contributed by atoms with Gasteiger partial charge in [0.15, 0.2) is 0 Å². The Morgan fingerprint density at radius 2 is 2.11 bits per heavy atom. The maximum absolute atomic E-state index is 5.83. The molecule has 3 unspecified atom stereocenters. The van der Waals surface area contributed by atoms with Crippen molar-refractivity contribution in [1.82, 2.24) is 4.98 Å². The van der Waals surface area contributed by atoms with Gasteiger partial charge in [-0.05, 0) is 6.42 Å². The topological polar surface area (TPSA) is 38.9 Å². The molecular weight excluding hydrogens is 280 g/mol. The number of rotatable bonds is 4. The highest BCUT2D eigenvalue weighted by Gasteiger charge is 2.29. The van der Waals surface area contributed by atoms with Crippen molar-refractivity contribution in [2.75, 3.05) is 5.75 Å². The molecule has 2 nitrogen and oxygen atoms in total. The Morgan fingerprint density at radius 1 is 1.33 bits per heavy atom. The van der Waals surface area contributed by atoms with Crippen LogP contribution in [0.5, 0.6) is 0 Å². The summed E-state index contributed by atoms with van der Waals surface area (Å²) in [5.74, 6) is 1.19. The first-order valence-corrected chi connectivity index (χ1v) is 9.42. The molecular formula is C13H22N2S3. The fourth-order valence-electron chi connectivity index (χ4n) is 2.05. The Hall–Kier alpha value is 0.290. The summed E-state index contributed by atoms with van der Waals surface area (Å²) in [4.78, 5) is 6.15. The van der Waals surface area contributed by atoms with E-state index in [1.54, 1.807) is 0 Å². The average Bonchev–Trinajstić information content (AvgIpc) is 2.76. The summed E-state index contributed by atoms with van der Waals surface area (Å²) in [6.07, 6.45) is 2.22. The quantitative estimate of drug-likeness (QED) is 0.917. The molecule has 1 aromatic rings.